The van der Waals surface area contributed by atoms with Crippen molar-refractivity contribution in [2.24, 2.45) is 0 Å². The van der Waals surface area contributed by atoms with E-state index in [2.05, 4.69) is 42.3 Å². The Labute approximate surface area is 301 Å². The monoisotopic (exact) mass is 736 g/mol. The predicted molar refractivity (Wildman–Crippen MR) is 193 cm³/mol. The normalized spacial score (nSPS) is 22.1. The SMILES string of the molecule is CCCCC/C=C\C/C=C\CCCCCCCC(=O)OC(COCCCCCCCCCC)COC1OC(CO)C(O)C(OS(=O)(=O)O)C1O. The zero-order valence-electron chi connectivity index (χ0n) is 30.7. The molecule has 0 saturated carbocycles. The molecule has 6 atom stereocenters. The molecule has 1 rings (SSSR count). The van der Waals surface area contributed by atoms with Gasteiger partial charge >= 0.3 is 16.4 Å². The van der Waals surface area contributed by atoms with Crippen molar-refractivity contribution in [3.05, 3.63) is 24.3 Å². The van der Waals surface area contributed by atoms with E-state index in [9.17, 15) is 28.5 Å². The fourth-order valence-corrected chi connectivity index (χ4v) is 6.15. The number of carbonyl (C=O) groups excluding carboxylic acids is 1. The molecule has 13 heteroatoms. The molecular weight excluding hydrogens is 668 g/mol. The van der Waals surface area contributed by atoms with E-state index in [0.717, 1.165) is 64.2 Å². The maximum atomic E-state index is 12.7. The molecule has 1 aliphatic heterocycles. The van der Waals surface area contributed by atoms with Gasteiger partial charge in [0.2, 0.25) is 0 Å². The van der Waals surface area contributed by atoms with Crippen molar-refractivity contribution in [3.8, 4) is 0 Å². The van der Waals surface area contributed by atoms with Crippen LogP contribution in [0, 0.1) is 0 Å². The molecule has 0 radical (unpaired) electrons. The molecule has 0 aromatic rings. The quantitative estimate of drug-likeness (QED) is 0.0255. The number of allylic oxidation sites excluding steroid dienone is 4. The average Bonchev–Trinajstić information content (AvgIpc) is 3.08. The molecule has 0 amide bonds. The molecule has 50 heavy (non-hydrogen) atoms. The second-order valence-corrected chi connectivity index (χ2v) is 14.2. The average molecular weight is 737 g/mol. The Morgan fingerprint density at radius 2 is 1.32 bits per heavy atom. The smallest absolute Gasteiger partial charge is 0.397 e. The van der Waals surface area contributed by atoms with Crippen molar-refractivity contribution < 1.29 is 56.2 Å². The van der Waals surface area contributed by atoms with E-state index in [4.69, 9.17) is 23.5 Å². The minimum atomic E-state index is -5.05. The van der Waals surface area contributed by atoms with Gasteiger partial charge in [-0.1, -0.05) is 115 Å². The molecule has 1 fully saturated rings. The van der Waals surface area contributed by atoms with E-state index < -0.39 is 59.8 Å². The van der Waals surface area contributed by atoms with Crippen LogP contribution in [-0.4, -0.2) is 97.5 Å². The first-order valence-electron chi connectivity index (χ1n) is 19.1. The molecule has 0 spiro atoms. The standard InChI is InChI=1S/C37H68O12S/c1-3-5-7-9-11-13-14-15-16-17-18-19-20-22-24-26-33(39)47-31(29-45-27-25-23-21-12-10-8-6-4-2)30-46-37-35(41)36(49-50(42,43)44)34(40)32(28-38)48-37/h11,13,15-16,31-32,34-38,40-41H,3-10,12,14,17-30H2,1-2H3,(H,42,43,44)/b13-11-,16-15-. The first-order chi connectivity index (χ1) is 24.1. The van der Waals surface area contributed by atoms with Crippen LogP contribution in [0.1, 0.15) is 142 Å². The van der Waals surface area contributed by atoms with Gasteiger partial charge in [0.1, 0.15) is 30.5 Å². The van der Waals surface area contributed by atoms with E-state index >= 15 is 0 Å². The highest BCUT2D eigenvalue weighted by atomic mass is 32.3. The Morgan fingerprint density at radius 1 is 0.760 bits per heavy atom. The molecule has 1 aliphatic rings. The zero-order chi connectivity index (χ0) is 36.9. The summed E-state index contributed by atoms with van der Waals surface area (Å²) in [6.45, 7) is 3.89. The number of hydrogen-bond donors (Lipinski definition) is 4. The second-order valence-electron chi connectivity index (χ2n) is 13.2. The molecule has 294 valence electrons. The number of hydrogen-bond acceptors (Lipinski definition) is 11. The van der Waals surface area contributed by atoms with Gasteiger partial charge in [-0.15, -0.1) is 0 Å². The number of rotatable bonds is 32. The maximum absolute atomic E-state index is 12.7. The van der Waals surface area contributed by atoms with Crippen LogP contribution in [0.15, 0.2) is 24.3 Å². The lowest BCUT2D eigenvalue weighted by Crippen LogP contribution is -2.60. The van der Waals surface area contributed by atoms with Crippen LogP contribution in [0.3, 0.4) is 0 Å². The van der Waals surface area contributed by atoms with Crippen molar-refractivity contribution in [2.45, 2.75) is 179 Å². The molecule has 4 N–H and O–H groups in total. The molecule has 0 bridgehead atoms. The number of ether oxygens (including phenoxy) is 4. The van der Waals surface area contributed by atoms with Crippen molar-refractivity contribution in [1.29, 1.82) is 0 Å². The summed E-state index contributed by atoms with van der Waals surface area (Å²) in [5.74, 6) is -0.415. The highest BCUT2D eigenvalue weighted by Gasteiger charge is 2.48. The van der Waals surface area contributed by atoms with Gasteiger partial charge in [-0.2, -0.15) is 8.42 Å². The number of aliphatic hydroxyl groups excluding tert-OH is 3. The van der Waals surface area contributed by atoms with Gasteiger partial charge in [0.25, 0.3) is 0 Å². The summed E-state index contributed by atoms with van der Waals surface area (Å²) in [5.41, 5.74) is 0. The Balaban J connectivity index is 2.50. The molecular formula is C37H68O12S. The van der Waals surface area contributed by atoms with Crippen molar-refractivity contribution in [3.63, 3.8) is 0 Å². The summed E-state index contributed by atoms with van der Waals surface area (Å²) >= 11 is 0. The third kappa shape index (κ3) is 23.9. The topological polar surface area (TPSA) is 178 Å². The molecule has 0 aromatic carbocycles. The summed E-state index contributed by atoms with van der Waals surface area (Å²) in [7, 11) is -5.05. The molecule has 1 heterocycles. The number of aliphatic hydroxyl groups is 3. The largest absolute Gasteiger partial charge is 0.457 e. The van der Waals surface area contributed by atoms with Gasteiger partial charge in [-0.05, 0) is 44.9 Å². The van der Waals surface area contributed by atoms with Crippen LogP contribution in [0.5, 0.6) is 0 Å². The zero-order valence-corrected chi connectivity index (χ0v) is 31.5. The fourth-order valence-electron chi connectivity index (χ4n) is 5.64. The Hall–Kier alpha value is -1.42. The Morgan fingerprint density at radius 3 is 1.94 bits per heavy atom. The summed E-state index contributed by atoms with van der Waals surface area (Å²) in [4.78, 5) is 12.7. The van der Waals surface area contributed by atoms with Crippen LogP contribution in [0.2, 0.25) is 0 Å². The van der Waals surface area contributed by atoms with Gasteiger partial charge in [0, 0.05) is 13.0 Å². The van der Waals surface area contributed by atoms with Gasteiger partial charge in [-0.25, -0.2) is 4.18 Å². The fraction of sp³-hybridized carbons (Fsp3) is 0.865. The molecule has 0 aliphatic carbocycles. The lowest BCUT2D eigenvalue weighted by Gasteiger charge is -2.41. The van der Waals surface area contributed by atoms with E-state index in [1.807, 2.05) is 0 Å². The van der Waals surface area contributed by atoms with Crippen LogP contribution in [-0.2, 0) is 38.3 Å². The molecule has 6 unspecified atom stereocenters. The van der Waals surface area contributed by atoms with E-state index in [-0.39, 0.29) is 19.6 Å². The highest BCUT2D eigenvalue weighted by molar-refractivity contribution is 7.80. The van der Waals surface area contributed by atoms with E-state index in [0.29, 0.717) is 13.0 Å². The Kier molecular flexibility index (Phi) is 28.0. The minimum absolute atomic E-state index is 0.0320. The number of unbranched alkanes of at least 4 members (excludes halogenated alkanes) is 15. The summed E-state index contributed by atoms with van der Waals surface area (Å²) in [6.07, 6.45) is 20.9. The lowest BCUT2D eigenvalue weighted by molar-refractivity contribution is -0.301. The third-order valence-electron chi connectivity index (χ3n) is 8.58. The highest BCUT2D eigenvalue weighted by Crippen LogP contribution is 2.26. The van der Waals surface area contributed by atoms with Crippen LogP contribution in [0.4, 0.5) is 0 Å². The maximum Gasteiger partial charge on any atom is 0.397 e. The summed E-state index contributed by atoms with van der Waals surface area (Å²) < 4.78 is 58.6. The number of esters is 1. The molecule has 1 saturated heterocycles. The van der Waals surface area contributed by atoms with Crippen LogP contribution in [0.25, 0.3) is 0 Å². The first-order valence-corrected chi connectivity index (χ1v) is 20.5. The minimum Gasteiger partial charge on any atom is -0.457 e. The van der Waals surface area contributed by atoms with Gasteiger partial charge in [0.05, 0.1) is 19.8 Å². The third-order valence-corrected chi connectivity index (χ3v) is 9.04. The Bertz CT molecular complexity index is 989. The van der Waals surface area contributed by atoms with Gasteiger partial charge < -0.3 is 34.3 Å². The van der Waals surface area contributed by atoms with Crippen LogP contribution >= 0.6 is 0 Å². The van der Waals surface area contributed by atoms with Crippen molar-refractivity contribution in [2.75, 3.05) is 26.4 Å². The van der Waals surface area contributed by atoms with E-state index in [1.165, 1.54) is 51.4 Å². The van der Waals surface area contributed by atoms with Crippen molar-refractivity contribution >= 4 is 16.4 Å². The lowest BCUT2D eigenvalue weighted by atomic mass is 9.99. The molecule has 0 aromatic heterocycles. The summed E-state index contributed by atoms with van der Waals surface area (Å²) in [6, 6.07) is 0. The number of carbonyl (C=O) groups is 1. The van der Waals surface area contributed by atoms with E-state index in [1.54, 1.807) is 0 Å². The van der Waals surface area contributed by atoms with Crippen molar-refractivity contribution in [1.82, 2.24) is 0 Å². The molecule has 12 nitrogen and oxygen atoms in total. The van der Waals surface area contributed by atoms with Gasteiger partial charge in [-0.3, -0.25) is 9.35 Å². The predicted octanol–water partition coefficient (Wildman–Crippen LogP) is 6.51. The van der Waals surface area contributed by atoms with Crippen LogP contribution < -0.4 is 0 Å². The second kappa shape index (κ2) is 30.1. The first kappa shape index (κ1) is 46.6. The summed E-state index contributed by atoms with van der Waals surface area (Å²) in [5, 5.41) is 30.5. The van der Waals surface area contributed by atoms with Gasteiger partial charge in [0.15, 0.2) is 6.29 Å².